The topological polar surface area (TPSA) is 112 Å². The van der Waals surface area contributed by atoms with Crippen LogP contribution in [0.4, 0.5) is 9.59 Å². The fraction of sp³-hybridized carbons (Fsp3) is 0.917. The van der Waals surface area contributed by atoms with Gasteiger partial charge in [-0.25, -0.2) is 18.0 Å². The first-order chi connectivity index (χ1) is 15.5. The summed E-state index contributed by atoms with van der Waals surface area (Å²) in [6.45, 7) is 21.0. The Morgan fingerprint density at radius 2 is 1.03 bits per heavy atom. The molecule has 0 aliphatic carbocycles. The molecular weight excluding hydrogens is 476 g/mol. The minimum atomic E-state index is -3.69. The Kier molecular flexibility index (Phi) is 7.94. The van der Waals surface area contributed by atoms with Gasteiger partial charge >= 0.3 is 12.2 Å². The molecule has 0 unspecified atom stereocenters. The number of amides is 2. The molecule has 0 saturated carbocycles. The summed E-state index contributed by atoms with van der Waals surface area (Å²) in [5, 5.41) is 0. The zero-order valence-electron chi connectivity index (χ0n) is 23.3. The van der Waals surface area contributed by atoms with Crippen molar-refractivity contribution in [2.24, 2.45) is 0 Å². The number of ether oxygens (including phenoxy) is 4. The molecule has 2 aliphatic rings. The predicted molar refractivity (Wildman–Crippen MR) is 132 cm³/mol. The lowest BCUT2D eigenvalue weighted by atomic mass is 10.1. The summed E-state index contributed by atoms with van der Waals surface area (Å²) in [6, 6.07) is -1.04. The fourth-order valence-corrected chi connectivity index (χ4v) is 6.50. The van der Waals surface area contributed by atoms with Crippen LogP contribution in [0.1, 0.15) is 83.1 Å². The quantitative estimate of drug-likeness (QED) is 0.548. The first-order valence-electron chi connectivity index (χ1n) is 12.1. The number of carbonyl (C=O) groups excluding carboxylic acids is 2. The third-order valence-corrected chi connectivity index (χ3v) is 7.62. The lowest BCUT2D eigenvalue weighted by molar-refractivity contribution is -0.0749. The van der Waals surface area contributed by atoms with E-state index < -0.39 is 69.0 Å². The molecule has 204 valence electrons. The number of hydrogen-bond acceptors (Lipinski definition) is 8. The van der Waals surface area contributed by atoms with Crippen molar-refractivity contribution in [1.29, 1.82) is 0 Å². The lowest BCUT2D eigenvalue weighted by Gasteiger charge is -2.34. The maximum absolute atomic E-state index is 13.2. The Hall–Kier alpha value is -1.59. The average Bonchev–Trinajstić information content (AvgIpc) is 2.90. The summed E-state index contributed by atoms with van der Waals surface area (Å²) >= 11 is 0. The van der Waals surface area contributed by atoms with E-state index in [0.29, 0.717) is 0 Å². The molecule has 35 heavy (non-hydrogen) atoms. The van der Waals surface area contributed by atoms with Gasteiger partial charge in [0, 0.05) is 0 Å². The van der Waals surface area contributed by atoms with E-state index in [-0.39, 0.29) is 11.5 Å². The molecule has 0 aromatic rings. The summed E-state index contributed by atoms with van der Waals surface area (Å²) in [4.78, 5) is 28.5. The Labute approximate surface area is 210 Å². The molecule has 0 aromatic carbocycles. The van der Waals surface area contributed by atoms with E-state index in [9.17, 15) is 18.0 Å². The highest BCUT2D eigenvalue weighted by atomic mass is 32.2. The van der Waals surface area contributed by atoms with E-state index in [0.717, 1.165) is 0 Å². The molecule has 0 spiro atoms. The number of carbonyl (C=O) groups is 2. The minimum absolute atomic E-state index is 0.295. The van der Waals surface area contributed by atoms with Gasteiger partial charge in [-0.2, -0.15) is 0 Å². The van der Waals surface area contributed by atoms with Crippen LogP contribution >= 0.6 is 0 Å². The van der Waals surface area contributed by atoms with Crippen molar-refractivity contribution in [3.05, 3.63) is 0 Å². The largest absolute Gasteiger partial charge is 0.444 e. The van der Waals surface area contributed by atoms with Gasteiger partial charge < -0.3 is 18.9 Å². The predicted octanol–water partition coefficient (Wildman–Crippen LogP) is 3.92. The van der Waals surface area contributed by atoms with Gasteiger partial charge in [-0.15, -0.1) is 0 Å². The molecule has 0 N–H and O–H groups in total. The number of rotatable bonds is 4. The highest BCUT2D eigenvalue weighted by molar-refractivity contribution is 7.91. The monoisotopic (exact) mass is 520 g/mol. The number of sulfone groups is 1. The van der Waals surface area contributed by atoms with Gasteiger partial charge in [-0.3, -0.25) is 9.80 Å². The van der Waals surface area contributed by atoms with Gasteiger partial charge in [0.25, 0.3) is 0 Å². The van der Waals surface area contributed by atoms with Gasteiger partial charge in [-0.1, -0.05) is 0 Å². The van der Waals surface area contributed by atoms with Crippen LogP contribution in [0.5, 0.6) is 0 Å². The van der Waals surface area contributed by atoms with E-state index in [1.54, 1.807) is 83.1 Å². The van der Waals surface area contributed by atoms with Crippen molar-refractivity contribution in [3.63, 3.8) is 0 Å². The highest BCUT2D eigenvalue weighted by Crippen LogP contribution is 2.36. The summed E-state index contributed by atoms with van der Waals surface area (Å²) in [5.74, 6) is -0.591. The molecule has 2 fully saturated rings. The van der Waals surface area contributed by atoms with Gasteiger partial charge in [0.05, 0.1) is 35.8 Å². The Bertz CT molecular complexity index is 849. The smallest absolute Gasteiger partial charge is 0.412 e. The van der Waals surface area contributed by atoms with Crippen LogP contribution in [0.15, 0.2) is 0 Å². The van der Waals surface area contributed by atoms with Gasteiger partial charge in [0.1, 0.15) is 22.7 Å². The van der Waals surface area contributed by atoms with Crippen LogP contribution in [0.2, 0.25) is 0 Å². The van der Waals surface area contributed by atoms with Crippen LogP contribution in [-0.4, -0.2) is 88.9 Å². The molecule has 2 saturated heterocycles. The summed E-state index contributed by atoms with van der Waals surface area (Å²) in [6.07, 6.45) is -2.60. The lowest BCUT2D eigenvalue weighted by Crippen LogP contribution is -2.50. The second-order valence-electron chi connectivity index (χ2n) is 12.5. The molecule has 0 aromatic heterocycles. The van der Waals surface area contributed by atoms with E-state index in [1.807, 2.05) is 0 Å². The maximum atomic E-state index is 13.2. The Morgan fingerprint density at radius 3 is 1.29 bits per heavy atom. The van der Waals surface area contributed by atoms with Gasteiger partial charge in [-0.05, 0) is 83.1 Å². The SMILES string of the molecule is C[C@H]1[C@H](CS(=O)(=O)C[C@H]2OC(C)(C)N(C(=O)OC(C)(C)C)[C@H]2C)OC(C)(C)N1C(=O)OC(C)(C)C. The zero-order chi connectivity index (χ0) is 27.4. The summed E-state index contributed by atoms with van der Waals surface area (Å²) < 4.78 is 49.5. The first kappa shape index (κ1) is 29.6. The molecule has 11 heteroatoms. The molecule has 10 nitrogen and oxygen atoms in total. The fourth-order valence-electron chi connectivity index (χ4n) is 4.67. The molecule has 2 rings (SSSR count). The molecule has 2 heterocycles. The second kappa shape index (κ2) is 9.37. The molecule has 0 bridgehead atoms. The second-order valence-corrected chi connectivity index (χ2v) is 14.6. The zero-order valence-corrected chi connectivity index (χ0v) is 24.1. The first-order valence-corrected chi connectivity index (χ1v) is 13.9. The minimum Gasteiger partial charge on any atom is -0.444 e. The van der Waals surface area contributed by atoms with Crippen molar-refractivity contribution in [1.82, 2.24) is 9.80 Å². The van der Waals surface area contributed by atoms with Crippen molar-refractivity contribution in [2.45, 2.75) is 130 Å². The van der Waals surface area contributed by atoms with Gasteiger partial charge in [0.2, 0.25) is 0 Å². The molecule has 2 aliphatic heterocycles. The number of hydrogen-bond donors (Lipinski definition) is 0. The average molecular weight is 521 g/mol. The van der Waals surface area contributed by atoms with Crippen LogP contribution < -0.4 is 0 Å². The van der Waals surface area contributed by atoms with E-state index >= 15 is 0 Å². The van der Waals surface area contributed by atoms with Crippen LogP contribution in [0, 0.1) is 0 Å². The molecule has 0 radical (unpaired) electrons. The van der Waals surface area contributed by atoms with Crippen molar-refractivity contribution in [3.8, 4) is 0 Å². The summed E-state index contributed by atoms with van der Waals surface area (Å²) in [5.41, 5.74) is -3.46. The van der Waals surface area contributed by atoms with Crippen molar-refractivity contribution in [2.75, 3.05) is 11.5 Å². The Balaban J connectivity index is 2.14. The highest BCUT2D eigenvalue weighted by Gasteiger charge is 2.53. The number of nitrogens with zero attached hydrogens (tertiary/aromatic N) is 2. The molecule has 2 amide bonds. The maximum Gasteiger partial charge on any atom is 0.412 e. The van der Waals surface area contributed by atoms with Gasteiger partial charge in [0.15, 0.2) is 9.84 Å². The molecule has 4 atom stereocenters. The van der Waals surface area contributed by atoms with Crippen molar-refractivity contribution < 1.29 is 37.0 Å². The van der Waals surface area contributed by atoms with Crippen LogP contribution in [0.3, 0.4) is 0 Å². The Morgan fingerprint density at radius 1 is 0.743 bits per heavy atom. The normalized spacial score (nSPS) is 28.8. The van der Waals surface area contributed by atoms with E-state index in [1.165, 1.54) is 9.80 Å². The summed E-state index contributed by atoms with van der Waals surface area (Å²) in [7, 11) is -3.69. The van der Waals surface area contributed by atoms with Crippen LogP contribution in [0.25, 0.3) is 0 Å². The standard InChI is InChI=1S/C24H44N2O8S/c1-15-17(31-23(9,10)25(15)19(27)33-21(3,4)5)13-35(29,30)14-18-16(2)26(24(11,12)32-18)20(28)34-22(6,7)8/h15-18H,13-14H2,1-12H3/t15-,16-,17-,18+/m0/s1. The molecular formula is C24H44N2O8S. The third kappa shape index (κ3) is 7.22. The van der Waals surface area contributed by atoms with E-state index in [4.69, 9.17) is 18.9 Å². The van der Waals surface area contributed by atoms with Crippen LogP contribution in [-0.2, 0) is 28.8 Å². The van der Waals surface area contributed by atoms with Crippen molar-refractivity contribution >= 4 is 22.0 Å². The third-order valence-electron chi connectivity index (χ3n) is 5.95. The van der Waals surface area contributed by atoms with E-state index in [2.05, 4.69) is 0 Å².